The van der Waals surface area contributed by atoms with Crippen molar-refractivity contribution in [1.82, 2.24) is 15.2 Å². The van der Waals surface area contributed by atoms with Crippen LogP contribution in [0.4, 0.5) is 0 Å². The summed E-state index contributed by atoms with van der Waals surface area (Å²) in [6, 6.07) is 13.2. The molecule has 5 heteroatoms. The second-order valence-corrected chi connectivity index (χ2v) is 5.11. The molecule has 0 atom stereocenters. The highest BCUT2D eigenvalue weighted by molar-refractivity contribution is 7.18. The summed E-state index contributed by atoms with van der Waals surface area (Å²) in [5.41, 5.74) is 2.56. The number of rotatable bonds is 2. The molecule has 0 aliphatic rings. The molecule has 3 rings (SSSR count). The van der Waals surface area contributed by atoms with E-state index in [-0.39, 0.29) is 5.56 Å². The van der Waals surface area contributed by atoms with Crippen molar-refractivity contribution in [2.24, 2.45) is 0 Å². The van der Waals surface area contributed by atoms with Crippen LogP contribution < -0.4 is 5.56 Å². The van der Waals surface area contributed by atoms with E-state index in [4.69, 9.17) is 0 Å². The van der Waals surface area contributed by atoms with E-state index < -0.39 is 0 Å². The largest absolute Gasteiger partial charge is 0.268 e. The highest BCUT2D eigenvalue weighted by atomic mass is 32.1. The average Bonchev–Trinajstić information content (AvgIpc) is 2.83. The molecule has 1 N–H and O–H groups in total. The first-order chi connectivity index (χ1) is 9.24. The number of aromatic nitrogens is 3. The number of hydrogen-bond acceptors (Lipinski definition) is 4. The zero-order chi connectivity index (χ0) is 13.2. The first kappa shape index (κ1) is 11.8. The first-order valence-electron chi connectivity index (χ1n) is 5.83. The molecule has 94 valence electrons. The monoisotopic (exact) mass is 269 g/mol. The van der Waals surface area contributed by atoms with E-state index in [2.05, 4.69) is 15.2 Å². The van der Waals surface area contributed by atoms with Crippen molar-refractivity contribution in [2.45, 2.75) is 6.92 Å². The topological polar surface area (TPSA) is 58.6 Å². The van der Waals surface area contributed by atoms with Gasteiger partial charge in [0.1, 0.15) is 10.7 Å². The van der Waals surface area contributed by atoms with Gasteiger partial charge in [0, 0.05) is 11.6 Å². The van der Waals surface area contributed by atoms with Gasteiger partial charge in [-0.3, -0.25) is 4.79 Å². The number of thiazole rings is 1. The Morgan fingerprint density at radius 2 is 1.89 bits per heavy atom. The second kappa shape index (κ2) is 4.78. The van der Waals surface area contributed by atoms with E-state index in [1.54, 1.807) is 17.4 Å². The van der Waals surface area contributed by atoms with Crippen molar-refractivity contribution >= 4 is 11.3 Å². The van der Waals surface area contributed by atoms with Crippen LogP contribution in [-0.4, -0.2) is 15.2 Å². The van der Waals surface area contributed by atoms with Gasteiger partial charge < -0.3 is 0 Å². The molecule has 0 saturated heterocycles. The molecule has 1 aromatic carbocycles. The van der Waals surface area contributed by atoms with Crippen LogP contribution in [0.2, 0.25) is 0 Å². The van der Waals surface area contributed by atoms with Crippen LogP contribution in [0.5, 0.6) is 0 Å². The third-order valence-corrected chi connectivity index (χ3v) is 3.96. The van der Waals surface area contributed by atoms with Gasteiger partial charge in [-0.15, -0.1) is 11.3 Å². The molecule has 0 amide bonds. The van der Waals surface area contributed by atoms with Gasteiger partial charge in [0.05, 0.1) is 10.6 Å². The highest BCUT2D eigenvalue weighted by Gasteiger charge is 2.12. The average molecular weight is 269 g/mol. The lowest BCUT2D eigenvalue weighted by molar-refractivity contribution is 0.995. The number of aryl methyl sites for hydroxylation is 1. The molecule has 0 radical (unpaired) electrons. The molecule has 0 aliphatic carbocycles. The van der Waals surface area contributed by atoms with E-state index in [1.165, 1.54) is 6.07 Å². The van der Waals surface area contributed by atoms with Crippen molar-refractivity contribution < 1.29 is 0 Å². The summed E-state index contributed by atoms with van der Waals surface area (Å²) in [6.07, 6.45) is 0. The van der Waals surface area contributed by atoms with Crippen LogP contribution in [0.1, 0.15) is 5.69 Å². The van der Waals surface area contributed by atoms with E-state index in [0.29, 0.717) is 0 Å². The van der Waals surface area contributed by atoms with E-state index in [0.717, 1.165) is 26.8 Å². The normalized spacial score (nSPS) is 10.6. The minimum absolute atomic E-state index is 0.200. The van der Waals surface area contributed by atoms with Gasteiger partial charge in [0.25, 0.3) is 5.56 Å². The minimum Gasteiger partial charge on any atom is -0.268 e. The maximum absolute atomic E-state index is 11.0. The summed E-state index contributed by atoms with van der Waals surface area (Å²) in [5, 5.41) is 7.46. The molecule has 0 spiro atoms. The predicted octanol–water partition coefficient (Wildman–Crippen LogP) is 2.87. The van der Waals surface area contributed by atoms with Gasteiger partial charge in [-0.2, -0.15) is 5.10 Å². The van der Waals surface area contributed by atoms with Crippen molar-refractivity contribution in [3.8, 4) is 21.1 Å². The molecular formula is C14H11N3OS. The first-order valence-corrected chi connectivity index (χ1v) is 6.64. The van der Waals surface area contributed by atoms with Crippen molar-refractivity contribution in [3.63, 3.8) is 0 Å². The Labute approximate surface area is 113 Å². The number of nitrogens with one attached hydrogen (secondary N) is 1. The van der Waals surface area contributed by atoms with Crippen molar-refractivity contribution in [2.75, 3.05) is 0 Å². The third-order valence-electron chi connectivity index (χ3n) is 2.73. The second-order valence-electron chi connectivity index (χ2n) is 4.11. The predicted molar refractivity (Wildman–Crippen MR) is 76.1 cm³/mol. The van der Waals surface area contributed by atoms with Gasteiger partial charge >= 0.3 is 0 Å². The number of nitrogens with zero attached hydrogens (tertiary/aromatic N) is 2. The van der Waals surface area contributed by atoms with Crippen LogP contribution >= 0.6 is 11.3 Å². The minimum atomic E-state index is -0.200. The fourth-order valence-electron chi connectivity index (χ4n) is 1.81. The Morgan fingerprint density at radius 3 is 2.58 bits per heavy atom. The number of benzene rings is 1. The molecule has 3 aromatic rings. The molecular weight excluding hydrogens is 258 g/mol. The standard InChI is InChI=1S/C14H11N3OS/c1-9-13(11-7-8-12(18)17-16-11)19-14(15-9)10-5-3-2-4-6-10/h2-8H,1H3,(H,17,18). The Morgan fingerprint density at radius 1 is 1.11 bits per heavy atom. The Hall–Kier alpha value is -2.27. The zero-order valence-electron chi connectivity index (χ0n) is 10.3. The van der Waals surface area contributed by atoms with Gasteiger partial charge in [0.2, 0.25) is 0 Å². The van der Waals surface area contributed by atoms with Crippen LogP contribution in [0.3, 0.4) is 0 Å². The fourth-order valence-corrected chi connectivity index (χ4v) is 2.85. The molecule has 4 nitrogen and oxygen atoms in total. The van der Waals surface area contributed by atoms with Gasteiger partial charge in [-0.25, -0.2) is 10.1 Å². The molecule has 0 bridgehead atoms. The van der Waals surface area contributed by atoms with E-state index in [1.807, 2.05) is 37.3 Å². The molecule has 0 saturated carbocycles. The molecule has 2 aromatic heterocycles. The van der Waals surface area contributed by atoms with Crippen LogP contribution in [0.25, 0.3) is 21.1 Å². The SMILES string of the molecule is Cc1nc(-c2ccccc2)sc1-c1ccc(=O)[nH]n1. The number of hydrogen-bond donors (Lipinski definition) is 1. The molecule has 0 aliphatic heterocycles. The molecule has 19 heavy (non-hydrogen) atoms. The molecule has 0 fully saturated rings. The highest BCUT2D eigenvalue weighted by Crippen LogP contribution is 2.33. The lowest BCUT2D eigenvalue weighted by Crippen LogP contribution is -2.05. The zero-order valence-corrected chi connectivity index (χ0v) is 11.1. The van der Waals surface area contributed by atoms with Crippen molar-refractivity contribution in [3.05, 3.63) is 58.5 Å². The van der Waals surface area contributed by atoms with Gasteiger partial charge in [-0.05, 0) is 13.0 Å². The summed E-state index contributed by atoms with van der Waals surface area (Å²) in [4.78, 5) is 16.6. The number of aromatic amines is 1. The van der Waals surface area contributed by atoms with Crippen LogP contribution in [-0.2, 0) is 0 Å². The smallest absolute Gasteiger partial charge is 0.264 e. The summed E-state index contributed by atoms with van der Waals surface area (Å²) < 4.78 is 0. The quantitative estimate of drug-likeness (QED) is 0.778. The Kier molecular flexibility index (Phi) is 2.97. The van der Waals surface area contributed by atoms with Crippen LogP contribution in [0, 0.1) is 6.92 Å². The summed E-state index contributed by atoms with van der Waals surface area (Å²) in [6.45, 7) is 1.95. The van der Waals surface area contributed by atoms with Gasteiger partial charge in [-0.1, -0.05) is 30.3 Å². The number of H-pyrrole nitrogens is 1. The fraction of sp³-hybridized carbons (Fsp3) is 0.0714. The van der Waals surface area contributed by atoms with Crippen LogP contribution in [0.15, 0.2) is 47.3 Å². The van der Waals surface area contributed by atoms with Crippen molar-refractivity contribution in [1.29, 1.82) is 0 Å². The molecule has 0 unspecified atom stereocenters. The Balaban J connectivity index is 2.07. The summed E-state index contributed by atoms with van der Waals surface area (Å²) in [7, 11) is 0. The summed E-state index contributed by atoms with van der Waals surface area (Å²) in [5.74, 6) is 0. The van der Waals surface area contributed by atoms with Gasteiger partial charge in [0.15, 0.2) is 0 Å². The lowest BCUT2D eigenvalue weighted by atomic mass is 10.2. The Bertz CT molecular complexity index is 741. The molecule has 2 heterocycles. The lowest BCUT2D eigenvalue weighted by Gasteiger charge is -1.95. The third kappa shape index (κ3) is 2.32. The maximum Gasteiger partial charge on any atom is 0.264 e. The maximum atomic E-state index is 11.0. The van der Waals surface area contributed by atoms with E-state index >= 15 is 0 Å². The summed E-state index contributed by atoms with van der Waals surface area (Å²) >= 11 is 1.58. The van der Waals surface area contributed by atoms with E-state index in [9.17, 15) is 4.79 Å².